The van der Waals surface area contributed by atoms with E-state index in [1.165, 1.54) is 0 Å². The Morgan fingerprint density at radius 1 is 0.840 bits per heavy atom. The Morgan fingerprint density at radius 3 is 1.80 bits per heavy atom. The molecule has 3 rings (SSSR count). The highest BCUT2D eigenvalue weighted by Crippen LogP contribution is 2.50. The van der Waals surface area contributed by atoms with Gasteiger partial charge in [-0.15, -0.1) is 0 Å². The minimum absolute atomic E-state index is 0.175. The van der Waals surface area contributed by atoms with Crippen molar-refractivity contribution in [1.82, 2.24) is 0 Å². The van der Waals surface area contributed by atoms with Gasteiger partial charge in [0.25, 0.3) is 5.79 Å². The first-order valence-corrected chi connectivity index (χ1v) is 9.43. The van der Waals surface area contributed by atoms with Crippen LogP contribution in [0.3, 0.4) is 0 Å². The monoisotopic (exact) mass is 450 g/mol. The molecular weight excluding hydrogens is 427 g/mol. The van der Waals surface area contributed by atoms with Crippen LogP contribution < -0.4 is 0 Å². The number of hydrogen-bond donors (Lipinski definition) is 0. The number of halogens is 1. The first-order chi connectivity index (χ1) is 11.6. The third kappa shape index (κ3) is 3.15. The van der Waals surface area contributed by atoms with Gasteiger partial charge in [-0.2, -0.15) is 0 Å². The van der Waals surface area contributed by atoms with Crippen LogP contribution in [-0.2, 0) is 15.3 Å². The molecule has 1 fully saturated rings. The smallest absolute Gasteiger partial charge is 0.262 e. The normalized spacial score (nSPS) is 20.4. The topological polar surface area (TPSA) is 35.5 Å². The highest BCUT2D eigenvalue weighted by molar-refractivity contribution is 14.1. The Morgan fingerprint density at radius 2 is 1.32 bits per heavy atom. The molecule has 1 saturated heterocycles. The molecular formula is C21H23IO3. The van der Waals surface area contributed by atoms with E-state index in [0.717, 1.165) is 14.7 Å². The zero-order valence-corrected chi connectivity index (χ0v) is 17.4. The molecule has 0 atom stereocenters. The lowest BCUT2D eigenvalue weighted by atomic mass is 9.90. The van der Waals surface area contributed by atoms with E-state index >= 15 is 0 Å². The summed E-state index contributed by atoms with van der Waals surface area (Å²) in [7, 11) is 0. The second kappa shape index (κ2) is 6.18. The van der Waals surface area contributed by atoms with Crippen molar-refractivity contribution in [3.63, 3.8) is 0 Å². The lowest BCUT2D eigenvalue weighted by Crippen LogP contribution is -2.41. The first kappa shape index (κ1) is 18.5. The van der Waals surface area contributed by atoms with Crippen LogP contribution in [0.15, 0.2) is 48.5 Å². The molecule has 0 spiro atoms. The minimum atomic E-state index is -1.44. The Kier molecular flexibility index (Phi) is 4.58. The second-order valence-corrected chi connectivity index (χ2v) is 8.79. The molecule has 132 valence electrons. The minimum Gasteiger partial charge on any atom is -0.331 e. The number of ether oxygens (including phenoxy) is 2. The van der Waals surface area contributed by atoms with Crippen molar-refractivity contribution in [2.45, 2.75) is 51.6 Å². The van der Waals surface area contributed by atoms with Gasteiger partial charge in [0.2, 0.25) is 5.78 Å². The van der Waals surface area contributed by atoms with Crippen LogP contribution in [0.4, 0.5) is 0 Å². The molecule has 2 aromatic rings. The van der Waals surface area contributed by atoms with Gasteiger partial charge < -0.3 is 9.47 Å². The second-order valence-electron chi connectivity index (χ2n) is 7.54. The molecule has 0 aromatic heterocycles. The summed E-state index contributed by atoms with van der Waals surface area (Å²) in [5.74, 6) is -1.61. The summed E-state index contributed by atoms with van der Waals surface area (Å²) in [5, 5.41) is 0. The van der Waals surface area contributed by atoms with E-state index in [1.807, 2.05) is 83.1 Å². The van der Waals surface area contributed by atoms with Crippen LogP contribution in [0.5, 0.6) is 0 Å². The van der Waals surface area contributed by atoms with Crippen molar-refractivity contribution in [3.05, 3.63) is 68.8 Å². The molecule has 25 heavy (non-hydrogen) atoms. The molecule has 0 aliphatic carbocycles. The summed E-state index contributed by atoms with van der Waals surface area (Å²) in [6, 6.07) is 15.3. The maximum Gasteiger partial charge on any atom is 0.262 e. The third-order valence-corrected chi connectivity index (χ3v) is 5.80. The van der Waals surface area contributed by atoms with Crippen molar-refractivity contribution >= 4 is 28.4 Å². The van der Waals surface area contributed by atoms with Crippen molar-refractivity contribution in [2.75, 3.05) is 0 Å². The zero-order chi connectivity index (χ0) is 18.5. The van der Waals surface area contributed by atoms with Gasteiger partial charge in [0.1, 0.15) is 0 Å². The lowest BCUT2D eigenvalue weighted by molar-refractivity contribution is -0.162. The summed E-state index contributed by atoms with van der Waals surface area (Å²) in [6.45, 7) is 9.87. The molecule has 0 amide bonds. The number of carbonyl (C=O) groups is 1. The standard InChI is InChI=1S/C21H23IO3/c1-14-6-10-16(11-7-14)21(24-19(2,3)20(4,5)25-21)18(23)15-8-12-17(22)13-9-15/h6-13H,1-5H3. The molecule has 2 aromatic carbocycles. The highest BCUT2D eigenvalue weighted by Gasteiger charge is 2.61. The van der Waals surface area contributed by atoms with Crippen LogP contribution in [0.25, 0.3) is 0 Å². The van der Waals surface area contributed by atoms with Crippen molar-refractivity contribution < 1.29 is 14.3 Å². The van der Waals surface area contributed by atoms with Gasteiger partial charge in [0, 0.05) is 14.7 Å². The van der Waals surface area contributed by atoms with Crippen molar-refractivity contribution in [2.24, 2.45) is 0 Å². The van der Waals surface area contributed by atoms with Crippen LogP contribution in [0.2, 0.25) is 0 Å². The summed E-state index contributed by atoms with van der Waals surface area (Å²) in [4.78, 5) is 13.5. The lowest BCUT2D eigenvalue weighted by Gasteiger charge is -2.30. The molecule has 4 heteroatoms. The van der Waals surface area contributed by atoms with Gasteiger partial charge in [-0.05, 0) is 69.3 Å². The van der Waals surface area contributed by atoms with E-state index < -0.39 is 17.0 Å². The Labute approximate surface area is 162 Å². The Balaban J connectivity index is 2.15. The molecule has 3 nitrogen and oxygen atoms in total. The van der Waals surface area contributed by atoms with Crippen molar-refractivity contribution in [1.29, 1.82) is 0 Å². The van der Waals surface area contributed by atoms with Gasteiger partial charge in [-0.3, -0.25) is 4.79 Å². The van der Waals surface area contributed by atoms with Gasteiger partial charge in [0.05, 0.1) is 11.2 Å². The Hall–Kier alpha value is -1.24. The zero-order valence-electron chi connectivity index (χ0n) is 15.2. The van der Waals surface area contributed by atoms with E-state index in [-0.39, 0.29) is 5.78 Å². The molecule has 1 heterocycles. The van der Waals surface area contributed by atoms with E-state index in [4.69, 9.17) is 9.47 Å². The largest absolute Gasteiger partial charge is 0.331 e. The molecule has 0 saturated carbocycles. The average Bonchev–Trinajstić information content (AvgIpc) is 2.74. The summed E-state index contributed by atoms with van der Waals surface area (Å²) < 4.78 is 13.8. The molecule has 0 unspecified atom stereocenters. The summed E-state index contributed by atoms with van der Waals surface area (Å²) >= 11 is 2.22. The van der Waals surface area contributed by atoms with E-state index in [1.54, 1.807) is 0 Å². The first-order valence-electron chi connectivity index (χ1n) is 8.35. The number of Topliss-reactive ketones (excluding diaryl/α,β-unsaturated/α-hetero) is 1. The predicted octanol–water partition coefficient (Wildman–Crippen LogP) is 5.24. The van der Waals surface area contributed by atoms with Crippen LogP contribution in [0, 0.1) is 10.5 Å². The number of aryl methyl sites for hydroxylation is 1. The molecule has 0 bridgehead atoms. The molecule has 0 N–H and O–H groups in total. The quantitative estimate of drug-likeness (QED) is 0.474. The van der Waals surface area contributed by atoms with Gasteiger partial charge in [-0.25, -0.2) is 0 Å². The van der Waals surface area contributed by atoms with E-state index in [0.29, 0.717) is 5.56 Å². The fraction of sp³-hybridized carbons (Fsp3) is 0.381. The molecule has 0 radical (unpaired) electrons. The average molecular weight is 450 g/mol. The molecule has 1 aliphatic rings. The van der Waals surface area contributed by atoms with E-state index in [9.17, 15) is 4.79 Å². The fourth-order valence-corrected chi connectivity index (χ4v) is 3.25. The fourth-order valence-electron chi connectivity index (χ4n) is 2.89. The van der Waals surface area contributed by atoms with Gasteiger partial charge in [0.15, 0.2) is 0 Å². The van der Waals surface area contributed by atoms with Crippen LogP contribution >= 0.6 is 22.6 Å². The number of carbonyl (C=O) groups excluding carboxylic acids is 1. The summed E-state index contributed by atoms with van der Waals surface area (Å²) in [5.41, 5.74) is 1.19. The molecule has 1 aliphatic heterocycles. The van der Waals surface area contributed by atoms with Gasteiger partial charge in [-0.1, -0.05) is 42.0 Å². The highest BCUT2D eigenvalue weighted by atomic mass is 127. The summed E-state index contributed by atoms with van der Waals surface area (Å²) in [6.07, 6.45) is 0. The number of hydrogen-bond acceptors (Lipinski definition) is 3. The number of ketones is 1. The predicted molar refractivity (Wildman–Crippen MR) is 107 cm³/mol. The van der Waals surface area contributed by atoms with Gasteiger partial charge >= 0.3 is 0 Å². The van der Waals surface area contributed by atoms with E-state index in [2.05, 4.69) is 22.6 Å². The maximum absolute atomic E-state index is 13.5. The van der Waals surface area contributed by atoms with Crippen LogP contribution in [-0.4, -0.2) is 17.0 Å². The van der Waals surface area contributed by atoms with Crippen molar-refractivity contribution in [3.8, 4) is 0 Å². The Bertz CT molecular complexity index is 773. The third-order valence-electron chi connectivity index (χ3n) is 5.08. The maximum atomic E-state index is 13.5. The SMILES string of the molecule is Cc1ccc(C2(C(=O)c3ccc(I)cc3)OC(C)(C)C(C)(C)O2)cc1. The van der Waals surface area contributed by atoms with Crippen LogP contribution in [0.1, 0.15) is 49.2 Å². The number of benzene rings is 2. The number of rotatable bonds is 3.